The van der Waals surface area contributed by atoms with Crippen LogP contribution in [0.1, 0.15) is 35.3 Å². The Kier molecular flexibility index (Phi) is 11.3. The number of nitrogens with two attached hydrogens (primary N) is 2. The van der Waals surface area contributed by atoms with E-state index in [0.717, 1.165) is 6.54 Å². The molecule has 5 N–H and O–H groups in total. The lowest BCUT2D eigenvalue weighted by atomic mass is 9.90. The van der Waals surface area contributed by atoms with Gasteiger partial charge >= 0.3 is 0 Å². The van der Waals surface area contributed by atoms with Crippen molar-refractivity contribution in [2.45, 2.75) is 18.6 Å². The van der Waals surface area contributed by atoms with Crippen LogP contribution in [0.5, 0.6) is 11.5 Å². The molecule has 1 aliphatic rings. The maximum absolute atomic E-state index is 9.84. The van der Waals surface area contributed by atoms with E-state index in [1.807, 2.05) is 23.9 Å². The van der Waals surface area contributed by atoms with E-state index < -0.39 is 16.9 Å². The number of hydrogen-bond donors (Lipinski definition) is 3. The van der Waals surface area contributed by atoms with Crippen molar-refractivity contribution < 1.29 is 13.7 Å². The first-order valence-electron chi connectivity index (χ1n) is 13.1. The molecule has 0 unspecified atom stereocenters. The van der Waals surface area contributed by atoms with Gasteiger partial charge in [0.25, 0.3) is 0 Å². The number of rotatable bonds is 9. The van der Waals surface area contributed by atoms with Gasteiger partial charge in [-0.05, 0) is 33.2 Å². The van der Waals surface area contributed by atoms with Gasteiger partial charge in [-0.2, -0.15) is 5.26 Å². The quantitative estimate of drug-likeness (QED) is 0.229. The third kappa shape index (κ3) is 8.34. The predicted molar refractivity (Wildman–Crippen MR) is 173 cm³/mol. The average molecular weight is 648 g/mol. The Morgan fingerprint density at radius 1 is 1.21 bits per heavy atom. The Bertz CT molecular complexity index is 1530. The minimum absolute atomic E-state index is 0.0765. The summed E-state index contributed by atoms with van der Waals surface area (Å²) >= 11 is 12.6. The first-order chi connectivity index (χ1) is 20.2. The number of likely N-dealkylation sites (N-methyl/N-ethyl adjacent to an activating group) is 1. The standard InChI is InChI=1S/C27H30Cl2N8O2.C2H6OS/c1-15(24-19(28)10-34-11-20(24)29)39-23-6-18(21(31)7-22(23)38-4)25(32)17-5-16(8-30)26(35-9-17)37-13-27(33,14-37)12-36(2)3;1-4(2)3/h5-7,9-11,15,32H,12-14,31,33H2,1-4H3;1-2H3/t15-;/m1./s1. The second-order valence-electron chi connectivity index (χ2n) is 10.6. The van der Waals surface area contributed by atoms with Crippen LogP contribution in [0.15, 0.2) is 36.8 Å². The third-order valence-electron chi connectivity index (χ3n) is 6.42. The molecule has 0 bridgehead atoms. The Morgan fingerprint density at radius 3 is 2.35 bits per heavy atom. The minimum Gasteiger partial charge on any atom is -0.493 e. The van der Waals surface area contributed by atoms with Crippen LogP contribution in [-0.2, 0) is 10.8 Å². The van der Waals surface area contributed by atoms with Crippen LogP contribution in [0.25, 0.3) is 0 Å². The number of nitrogens with zero attached hydrogens (tertiary/aromatic N) is 5. The molecule has 0 radical (unpaired) electrons. The maximum atomic E-state index is 9.84. The van der Waals surface area contributed by atoms with Crippen molar-refractivity contribution in [3.8, 4) is 17.6 Å². The Balaban J connectivity index is 0.00000119. The molecule has 1 aliphatic heterocycles. The lowest BCUT2D eigenvalue weighted by Gasteiger charge is -2.49. The largest absolute Gasteiger partial charge is 0.493 e. The van der Waals surface area contributed by atoms with Crippen LogP contribution in [0.4, 0.5) is 11.5 Å². The zero-order chi connectivity index (χ0) is 32.1. The zero-order valence-corrected chi connectivity index (χ0v) is 27.3. The van der Waals surface area contributed by atoms with E-state index >= 15 is 0 Å². The summed E-state index contributed by atoms with van der Waals surface area (Å²) < 4.78 is 21.2. The number of aromatic nitrogens is 2. The molecule has 43 heavy (non-hydrogen) atoms. The van der Waals surface area contributed by atoms with E-state index in [-0.39, 0.29) is 11.3 Å². The number of ether oxygens (including phenoxy) is 2. The van der Waals surface area contributed by atoms with E-state index in [9.17, 15) is 9.47 Å². The molecule has 1 atom stereocenters. The van der Waals surface area contributed by atoms with Crippen molar-refractivity contribution in [2.24, 2.45) is 5.73 Å². The first-order valence-corrected chi connectivity index (χ1v) is 15.8. The molecule has 3 heterocycles. The maximum Gasteiger partial charge on any atom is 0.162 e. The van der Waals surface area contributed by atoms with Gasteiger partial charge < -0.3 is 30.7 Å². The molecule has 0 spiro atoms. The molecule has 0 saturated carbocycles. The van der Waals surface area contributed by atoms with Crippen LogP contribution in [0.2, 0.25) is 10.0 Å². The summed E-state index contributed by atoms with van der Waals surface area (Å²) in [6.45, 7) is 3.69. The number of halogens is 2. The van der Waals surface area contributed by atoms with Gasteiger partial charge in [0.1, 0.15) is 18.0 Å². The highest BCUT2D eigenvalue weighted by Crippen LogP contribution is 2.39. The molecular formula is C29H36Cl2N8O3S. The third-order valence-corrected chi connectivity index (χ3v) is 7.03. The summed E-state index contributed by atoms with van der Waals surface area (Å²) in [5.41, 5.74) is 14.5. The lowest BCUT2D eigenvalue weighted by Crippen LogP contribution is -2.71. The Hall–Kier alpha value is -3.47. The zero-order valence-electron chi connectivity index (χ0n) is 24.9. The van der Waals surface area contributed by atoms with Gasteiger partial charge in [-0.1, -0.05) is 23.2 Å². The predicted octanol–water partition coefficient (Wildman–Crippen LogP) is 3.88. The van der Waals surface area contributed by atoms with Crippen LogP contribution in [0, 0.1) is 16.7 Å². The normalized spacial score (nSPS) is 14.3. The summed E-state index contributed by atoms with van der Waals surface area (Å²) in [6.07, 6.45) is 7.26. The van der Waals surface area contributed by atoms with Gasteiger partial charge in [0.15, 0.2) is 11.5 Å². The Labute approximate surface area is 264 Å². The van der Waals surface area contributed by atoms with Crippen LogP contribution in [-0.4, -0.2) is 83.7 Å². The minimum atomic E-state index is -0.611. The molecule has 3 aromatic rings. The summed E-state index contributed by atoms with van der Waals surface area (Å²) in [4.78, 5) is 12.5. The fourth-order valence-electron chi connectivity index (χ4n) is 4.78. The van der Waals surface area contributed by atoms with Gasteiger partial charge in [-0.3, -0.25) is 14.6 Å². The van der Waals surface area contributed by atoms with Crippen LogP contribution < -0.4 is 25.8 Å². The van der Waals surface area contributed by atoms with E-state index in [2.05, 4.69) is 16.0 Å². The highest BCUT2D eigenvalue weighted by atomic mass is 35.5. The van der Waals surface area contributed by atoms with E-state index in [1.54, 1.807) is 43.8 Å². The highest BCUT2D eigenvalue weighted by molar-refractivity contribution is 7.83. The molecule has 4 rings (SSSR count). The van der Waals surface area contributed by atoms with Crippen LogP contribution in [0.3, 0.4) is 0 Å². The molecule has 11 nitrogen and oxygen atoms in total. The Morgan fingerprint density at radius 2 is 1.81 bits per heavy atom. The number of nitriles is 1. The van der Waals surface area contributed by atoms with Gasteiger partial charge in [-0.25, -0.2) is 4.98 Å². The van der Waals surface area contributed by atoms with Gasteiger partial charge in [0.2, 0.25) is 0 Å². The van der Waals surface area contributed by atoms with Crippen molar-refractivity contribution >= 4 is 51.2 Å². The van der Waals surface area contributed by atoms with Gasteiger partial charge in [-0.15, -0.1) is 0 Å². The molecule has 230 valence electrons. The van der Waals surface area contributed by atoms with Gasteiger partial charge in [0.05, 0.1) is 34.0 Å². The molecular weight excluding hydrogens is 611 g/mol. The second-order valence-corrected chi connectivity index (χ2v) is 12.9. The highest BCUT2D eigenvalue weighted by Gasteiger charge is 2.41. The number of hydrogen-bond acceptors (Lipinski definition) is 11. The van der Waals surface area contributed by atoms with Crippen molar-refractivity contribution in [2.75, 3.05) is 64.0 Å². The SMILES string of the molecule is COc1cc(N)c(C(=N)c2cnc(N3CC(N)(CN(C)C)C3)c(C#N)c2)cc1O[C@H](C)c1c(Cl)cncc1Cl.CS(C)=O. The van der Waals surface area contributed by atoms with E-state index in [4.69, 9.17) is 49.6 Å². The summed E-state index contributed by atoms with van der Waals surface area (Å²) in [5.74, 6) is 1.26. The monoisotopic (exact) mass is 646 g/mol. The van der Waals surface area contributed by atoms with Crippen molar-refractivity contribution in [3.63, 3.8) is 0 Å². The first kappa shape index (κ1) is 34.0. The van der Waals surface area contributed by atoms with Crippen LogP contribution >= 0.6 is 23.2 Å². The smallest absolute Gasteiger partial charge is 0.162 e. The van der Waals surface area contributed by atoms with E-state index in [0.29, 0.717) is 68.4 Å². The average Bonchev–Trinajstić information content (AvgIpc) is 2.90. The number of nitrogens with one attached hydrogen (secondary N) is 1. The summed E-state index contributed by atoms with van der Waals surface area (Å²) in [6, 6.07) is 7.04. The topological polar surface area (TPSA) is 167 Å². The molecule has 1 aromatic carbocycles. The van der Waals surface area contributed by atoms with Crippen molar-refractivity contribution in [1.29, 1.82) is 10.7 Å². The number of methoxy groups -OCH3 is 1. The number of pyridine rings is 2. The molecule has 0 aliphatic carbocycles. The fourth-order valence-corrected chi connectivity index (χ4v) is 5.45. The molecule has 1 saturated heterocycles. The fraction of sp³-hybridized carbons (Fsp3) is 0.379. The van der Waals surface area contributed by atoms with Crippen molar-refractivity contribution in [1.82, 2.24) is 14.9 Å². The summed E-state index contributed by atoms with van der Waals surface area (Å²) in [7, 11) is 4.83. The lowest BCUT2D eigenvalue weighted by molar-refractivity contribution is 0.216. The summed E-state index contributed by atoms with van der Waals surface area (Å²) in [5, 5.41) is 19.5. The van der Waals surface area contributed by atoms with Crippen molar-refractivity contribution in [3.05, 3.63) is 69.1 Å². The number of anilines is 2. The number of benzene rings is 1. The molecule has 1 fully saturated rings. The number of nitrogen functional groups attached to an aromatic ring is 1. The van der Waals surface area contributed by atoms with E-state index in [1.165, 1.54) is 19.5 Å². The molecule has 2 aromatic heterocycles. The molecule has 14 heteroatoms. The van der Waals surface area contributed by atoms with Gasteiger partial charge in [0, 0.05) is 90.0 Å². The molecule has 0 amide bonds. The second kappa shape index (κ2) is 14.3.